The monoisotopic (exact) mass is 268 g/mol. The molecule has 1 fully saturated rings. The summed E-state index contributed by atoms with van der Waals surface area (Å²) in [6, 6.07) is 0.392. The van der Waals surface area contributed by atoms with Crippen LogP contribution in [-0.4, -0.2) is 32.5 Å². The first-order valence-corrected chi connectivity index (χ1v) is 7.49. The number of carbonyl (C=O) groups excluding carboxylic acids is 1. The SMILES string of the molecule is CCc1nnc(SCC(=O)NC2CCCC2)n1C. The predicted molar refractivity (Wildman–Crippen MR) is 71.5 cm³/mol. The highest BCUT2D eigenvalue weighted by Crippen LogP contribution is 2.19. The van der Waals surface area contributed by atoms with Crippen LogP contribution >= 0.6 is 11.8 Å². The lowest BCUT2D eigenvalue weighted by molar-refractivity contribution is -0.119. The lowest BCUT2D eigenvalue weighted by Crippen LogP contribution is -2.33. The molecule has 1 heterocycles. The fraction of sp³-hybridized carbons (Fsp3) is 0.750. The Kier molecular flexibility index (Phi) is 4.63. The van der Waals surface area contributed by atoms with Crippen molar-refractivity contribution in [3.63, 3.8) is 0 Å². The fourth-order valence-corrected chi connectivity index (χ4v) is 2.99. The first-order valence-electron chi connectivity index (χ1n) is 6.51. The van der Waals surface area contributed by atoms with E-state index in [1.807, 2.05) is 18.5 Å². The molecule has 1 amide bonds. The molecule has 0 unspecified atom stereocenters. The van der Waals surface area contributed by atoms with Gasteiger partial charge < -0.3 is 9.88 Å². The van der Waals surface area contributed by atoms with Gasteiger partial charge in [0.05, 0.1) is 5.75 Å². The number of aromatic nitrogens is 3. The standard InChI is InChI=1S/C12H20N4OS/c1-3-10-14-15-12(16(10)2)18-8-11(17)13-9-6-4-5-7-9/h9H,3-8H2,1-2H3,(H,13,17). The smallest absolute Gasteiger partial charge is 0.230 e. The maximum Gasteiger partial charge on any atom is 0.230 e. The Labute approximate surface area is 112 Å². The summed E-state index contributed by atoms with van der Waals surface area (Å²) in [7, 11) is 1.94. The molecule has 0 radical (unpaired) electrons. The van der Waals surface area contributed by atoms with Crippen LogP contribution in [0.15, 0.2) is 5.16 Å². The quantitative estimate of drug-likeness (QED) is 0.823. The van der Waals surface area contributed by atoms with E-state index >= 15 is 0 Å². The number of amides is 1. The molecule has 0 bridgehead atoms. The molecule has 0 saturated heterocycles. The highest BCUT2D eigenvalue weighted by molar-refractivity contribution is 7.99. The first kappa shape index (κ1) is 13.4. The summed E-state index contributed by atoms with van der Waals surface area (Å²) in [5, 5.41) is 12.0. The van der Waals surface area contributed by atoms with Crippen molar-refractivity contribution in [3.05, 3.63) is 5.82 Å². The molecule has 5 nitrogen and oxygen atoms in total. The number of hydrogen-bond donors (Lipinski definition) is 1. The van der Waals surface area contributed by atoms with Crippen LogP contribution in [0.3, 0.4) is 0 Å². The Hall–Kier alpha value is -1.04. The van der Waals surface area contributed by atoms with Crippen LogP contribution in [0.25, 0.3) is 0 Å². The molecule has 1 aromatic rings. The topological polar surface area (TPSA) is 59.8 Å². The van der Waals surface area contributed by atoms with Crippen LogP contribution in [0.4, 0.5) is 0 Å². The van der Waals surface area contributed by atoms with E-state index in [1.54, 1.807) is 0 Å². The molecule has 1 N–H and O–H groups in total. The lowest BCUT2D eigenvalue weighted by atomic mass is 10.2. The van der Waals surface area contributed by atoms with E-state index in [-0.39, 0.29) is 5.91 Å². The third-order valence-corrected chi connectivity index (χ3v) is 4.31. The minimum absolute atomic E-state index is 0.105. The molecule has 6 heteroatoms. The first-order chi connectivity index (χ1) is 8.70. The van der Waals surface area contributed by atoms with Gasteiger partial charge in [-0.25, -0.2) is 0 Å². The highest BCUT2D eigenvalue weighted by atomic mass is 32.2. The van der Waals surface area contributed by atoms with Gasteiger partial charge in [-0.1, -0.05) is 31.5 Å². The molecule has 100 valence electrons. The zero-order valence-electron chi connectivity index (χ0n) is 11.0. The van der Waals surface area contributed by atoms with Crippen molar-refractivity contribution >= 4 is 17.7 Å². The molecule has 18 heavy (non-hydrogen) atoms. The van der Waals surface area contributed by atoms with Crippen LogP contribution in [0.1, 0.15) is 38.4 Å². The summed E-state index contributed by atoms with van der Waals surface area (Å²) in [6.07, 6.45) is 5.58. The molecule has 1 aliphatic carbocycles. The number of thioether (sulfide) groups is 1. The lowest BCUT2D eigenvalue weighted by Gasteiger charge is -2.11. The summed E-state index contributed by atoms with van der Waals surface area (Å²) in [5.41, 5.74) is 0. The molecule has 1 aromatic heterocycles. The minimum Gasteiger partial charge on any atom is -0.353 e. The van der Waals surface area contributed by atoms with Crippen LogP contribution in [0.5, 0.6) is 0 Å². The van der Waals surface area contributed by atoms with Gasteiger partial charge >= 0.3 is 0 Å². The molecule has 0 spiro atoms. The Bertz CT molecular complexity index is 412. The van der Waals surface area contributed by atoms with Crippen molar-refractivity contribution in [2.45, 2.75) is 50.2 Å². The number of rotatable bonds is 5. The van der Waals surface area contributed by atoms with Gasteiger partial charge in [0.1, 0.15) is 5.82 Å². The maximum atomic E-state index is 11.8. The van der Waals surface area contributed by atoms with E-state index in [0.717, 1.165) is 30.2 Å². The van der Waals surface area contributed by atoms with E-state index in [4.69, 9.17) is 0 Å². The van der Waals surface area contributed by atoms with Crippen LogP contribution < -0.4 is 5.32 Å². The van der Waals surface area contributed by atoms with Crippen molar-refractivity contribution in [2.24, 2.45) is 7.05 Å². The summed E-state index contributed by atoms with van der Waals surface area (Å²) in [4.78, 5) is 11.8. The van der Waals surface area contributed by atoms with Crippen LogP contribution in [0, 0.1) is 0 Å². The van der Waals surface area contributed by atoms with Gasteiger partial charge in [0, 0.05) is 19.5 Å². The van der Waals surface area contributed by atoms with Crippen molar-refractivity contribution in [3.8, 4) is 0 Å². The molecular formula is C12H20N4OS. The third kappa shape index (κ3) is 3.25. The Morgan fingerprint density at radius 1 is 1.44 bits per heavy atom. The average Bonchev–Trinajstić information content (AvgIpc) is 2.97. The second-order valence-electron chi connectivity index (χ2n) is 4.65. The second-order valence-corrected chi connectivity index (χ2v) is 5.59. The summed E-state index contributed by atoms with van der Waals surface area (Å²) in [6.45, 7) is 2.05. The predicted octanol–water partition coefficient (Wildman–Crippen LogP) is 1.53. The third-order valence-electron chi connectivity index (χ3n) is 3.29. The molecule has 0 atom stereocenters. The van der Waals surface area contributed by atoms with Gasteiger partial charge in [-0.05, 0) is 12.8 Å². The van der Waals surface area contributed by atoms with E-state index in [9.17, 15) is 4.79 Å². The number of aryl methyl sites for hydroxylation is 1. The average molecular weight is 268 g/mol. The Morgan fingerprint density at radius 3 is 2.78 bits per heavy atom. The maximum absolute atomic E-state index is 11.8. The van der Waals surface area contributed by atoms with Gasteiger partial charge in [0.2, 0.25) is 5.91 Å². The zero-order chi connectivity index (χ0) is 13.0. The summed E-state index contributed by atoms with van der Waals surface area (Å²) in [5.74, 6) is 1.48. The van der Waals surface area contributed by atoms with E-state index in [1.165, 1.54) is 24.6 Å². The van der Waals surface area contributed by atoms with Gasteiger partial charge in [0.15, 0.2) is 5.16 Å². The normalized spacial score (nSPS) is 16.1. The summed E-state index contributed by atoms with van der Waals surface area (Å²) >= 11 is 1.45. The van der Waals surface area contributed by atoms with Crippen LogP contribution in [-0.2, 0) is 18.3 Å². The van der Waals surface area contributed by atoms with Gasteiger partial charge in [-0.15, -0.1) is 10.2 Å². The number of nitrogens with one attached hydrogen (secondary N) is 1. The number of nitrogens with zero attached hydrogens (tertiary/aromatic N) is 3. The Balaban J connectivity index is 1.79. The van der Waals surface area contributed by atoms with Crippen molar-refractivity contribution < 1.29 is 4.79 Å². The van der Waals surface area contributed by atoms with E-state index in [0.29, 0.717) is 11.8 Å². The number of hydrogen-bond acceptors (Lipinski definition) is 4. The highest BCUT2D eigenvalue weighted by Gasteiger charge is 2.17. The van der Waals surface area contributed by atoms with E-state index in [2.05, 4.69) is 15.5 Å². The Morgan fingerprint density at radius 2 is 2.17 bits per heavy atom. The van der Waals surface area contributed by atoms with Gasteiger partial charge in [-0.2, -0.15) is 0 Å². The molecule has 2 rings (SSSR count). The van der Waals surface area contributed by atoms with Gasteiger partial charge in [-0.3, -0.25) is 4.79 Å². The molecule has 1 saturated carbocycles. The molecular weight excluding hydrogens is 248 g/mol. The van der Waals surface area contributed by atoms with Gasteiger partial charge in [0.25, 0.3) is 0 Å². The van der Waals surface area contributed by atoms with E-state index < -0.39 is 0 Å². The molecule has 0 aliphatic heterocycles. The fourth-order valence-electron chi connectivity index (χ4n) is 2.25. The number of carbonyl (C=O) groups is 1. The zero-order valence-corrected chi connectivity index (χ0v) is 11.8. The van der Waals surface area contributed by atoms with Crippen molar-refractivity contribution in [1.29, 1.82) is 0 Å². The van der Waals surface area contributed by atoms with Crippen molar-refractivity contribution in [1.82, 2.24) is 20.1 Å². The summed E-state index contributed by atoms with van der Waals surface area (Å²) < 4.78 is 1.95. The minimum atomic E-state index is 0.105. The molecule has 1 aliphatic rings. The largest absolute Gasteiger partial charge is 0.353 e. The van der Waals surface area contributed by atoms with Crippen LogP contribution in [0.2, 0.25) is 0 Å². The second kappa shape index (κ2) is 6.22. The molecule has 0 aromatic carbocycles. The van der Waals surface area contributed by atoms with Crippen molar-refractivity contribution in [2.75, 3.05) is 5.75 Å².